The number of nitrogens with zero attached hydrogens (tertiary/aromatic N) is 4. The summed E-state index contributed by atoms with van der Waals surface area (Å²) in [5.41, 5.74) is 1.91. The zero-order valence-corrected chi connectivity index (χ0v) is 12.8. The van der Waals surface area contributed by atoms with Crippen molar-refractivity contribution in [3.63, 3.8) is 0 Å². The summed E-state index contributed by atoms with van der Waals surface area (Å²) in [5.74, 6) is -1.28. The maximum absolute atomic E-state index is 12.7. The molecule has 7 nitrogen and oxygen atoms in total. The van der Waals surface area contributed by atoms with E-state index < -0.39 is 12.0 Å². The Kier molecular flexibility index (Phi) is 3.35. The molecule has 0 radical (unpaired) electrons. The fraction of sp³-hybridized carbons (Fsp3) is 0.467. The second-order valence-electron chi connectivity index (χ2n) is 5.76. The molecule has 7 heteroatoms. The first kappa shape index (κ1) is 14.5. The van der Waals surface area contributed by atoms with E-state index in [4.69, 9.17) is 0 Å². The minimum Gasteiger partial charge on any atom is -0.480 e. The summed E-state index contributed by atoms with van der Waals surface area (Å²) in [6, 6.07) is 0.923. The fourth-order valence-electron chi connectivity index (χ4n) is 2.70. The number of carbonyl (C=O) groups is 2. The van der Waals surface area contributed by atoms with Gasteiger partial charge < -0.3 is 10.0 Å². The molecule has 0 spiro atoms. The molecule has 1 saturated carbocycles. The average Bonchev–Trinajstić information content (AvgIpc) is 3.26. The van der Waals surface area contributed by atoms with E-state index in [-0.39, 0.29) is 11.9 Å². The van der Waals surface area contributed by atoms with Crippen molar-refractivity contribution >= 4 is 22.9 Å². The van der Waals surface area contributed by atoms with Crippen molar-refractivity contribution in [3.8, 4) is 0 Å². The summed E-state index contributed by atoms with van der Waals surface area (Å²) in [6.07, 6.45) is 3.20. The number of rotatable bonds is 4. The van der Waals surface area contributed by atoms with Crippen molar-refractivity contribution in [2.24, 2.45) is 7.05 Å². The molecule has 2 aromatic heterocycles. The van der Waals surface area contributed by atoms with Crippen LogP contribution in [0, 0.1) is 6.92 Å². The lowest BCUT2D eigenvalue weighted by molar-refractivity contribution is -0.141. The molecule has 1 fully saturated rings. The van der Waals surface area contributed by atoms with Gasteiger partial charge in [-0.3, -0.25) is 9.48 Å². The summed E-state index contributed by atoms with van der Waals surface area (Å²) in [6.45, 7) is 3.40. The Morgan fingerprint density at radius 1 is 1.45 bits per heavy atom. The van der Waals surface area contributed by atoms with Gasteiger partial charge in [-0.25, -0.2) is 9.78 Å². The maximum Gasteiger partial charge on any atom is 0.326 e. The van der Waals surface area contributed by atoms with E-state index in [1.165, 1.54) is 11.1 Å². The summed E-state index contributed by atoms with van der Waals surface area (Å²) in [7, 11) is 1.80. The molecule has 116 valence electrons. The molecule has 2 heterocycles. The van der Waals surface area contributed by atoms with Crippen LogP contribution in [-0.2, 0) is 11.8 Å². The Hall–Kier alpha value is -2.44. The Morgan fingerprint density at radius 3 is 2.73 bits per heavy atom. The third-order valence-corrected chi connectivity index (χ3v) is 4.06. The van der Waals surface area contributed by atoms with E-state index in [0.29, 0.717) is 11.2 Å². The van der Waals surface area contributed by atoms with Gasteiger partial charge in [0, 0.05) is 24.7 Å². The molecule has 1 aliphatic carbocycles. The number of aryl methyl sites for hydroxylation is 2. The Morgan fingerprint density at radius 2 is 2.14 bits per heavy atom. The molecular formula is C15H18N4O3. The van der Waals surface area contributed by atoms with Gasteiger partial charge in [0.1, 0.15) is 6.04 Å². The topological polar surface area (TPSA) is 88.3 Å². The highest BCUT2D eigenvalue weighted by atomic mass is 16.4. The maximum atomic E-state index is 12.7. The number of hydrogen-bond donors (Lipinski definition) is 1. The van der Waals surface area contributed by atoms with Crippen LogP contribution in [-0.4, -0.2) is 48.7 Å². The quantitative estimate of drug-likeness (QED) is 0.921. The van der Waals surface area contributed by atoms with Crippen molar-refractivity contribution in [1.29, 1.82) is 0 Å². The van der Waals surface area contributed by atoms with Gasteiger partial charge in [0.15, 0.2) is 5.65 Å². The van der Waals surface area contributed by atoms with Gasteiger partial charge in [-0.2, -0.15) is 5.10 Å². The van der Waals surface area contributed by atoms with Gasteiger partial charge in [-0.05, 0) is 32.8 Å². The minimum absolute atomic E-state index is 0.0179. The number of aromatic nitrogens is 3. The molecule has 2 aromatic rings. The van der Waals surface area contributed by atoms with Crippen LogP contribution >= 0.6 is 0 Å². The first-order chi connectivity index (χ1) is 10.4. The van der Waals surface area contributed by atoms with Crippen molar-refractivity contribution in [2.45, 2.75) is 38.8 Å². The second kappa shape index (κ2) is 5.08. The standard InChI is InChI=1S/C15H18N4O3/c1-8-12-6-10(7-16-13(12)18(3)17-8)14(20)19(11-4-5-11)9(2)15(21)22/h6-7,9,11H,4-5H2,1-3H3,(H,21,22). The molecule has 1 unspecified atom stereocenters. The van der Waals surface area contributed by atoms with E-state index in [1.807, 2.05) is 6.92 Å². The normalized spacial score (nSPS) is 15.8. The molecule has 1 aliphatic rings. The molecule has 1 N–H and O–H groups in total. The summed E-state index contributed by atoms with van der Waals surface area (Å²) < 4.78 is 1.66. The highest BCUT2D eigenvalue weighted by Crippen LogP contribution is 2.30. The van der Waals surface area contributed by atoms with Crippen molar-refractivity contribution in [1.82, 2.24) is 19.7 Å². The van der Waals surface area contributed by atoms with Crippen molar-refractivity contribution in [3.05, 3.63) is 23.5 Å². The zero-order valence-electron chi connectivity index (χ0n) is 12.8. The third kappa shape index (κ3) is 2.32. The van der Waals surface area contributed by atoms with Crippen molar-refractivity contribution in [2.75, 3.05) is 0 Å². The SMILES string of the molecule is Cc1nn(C)c2ncc(C(=O)N(C3CC3)C(C)C(=O)O)cc12. The number of carboxylic acids is 1. The third-order valence-electron chi connectivity index (χ3n) is 4.06. The van der Waals surface area contributed by atoms with Gasteiger partial charge in [0.05, 0.1) is 11.3 Å². The predicted molar refractivity (Wildman–Crippen MR) is 79.5 cm³/mol. The second-order valence-corrected chi connectivity index (χ2v) is 5.76. The Labute approximate surface area is 127 Å². The molecule has 1 atom stereocenters. The summed E-state index contributed by atoms with van der Waals surface area (Å²) in [5, 5.41) is 14.3. The number of hydrogen-bond acceptors (Lipinski definition) is 4. The predicted octanol–water partition coefficient (Wildman–Crippen LogP) is 1.35. The van der Waals surface area contributed by atoms with Gasteiger partial charge in [0.25, 0.3) is 5.91 Å². The monoisotopic (exact) mass is 302 g/mol. The molecule has 1 amide bonds. The molecule has 3 rings (SSSR count). The van der Waals surface area contributed by atoms with E-state index in [2.05, 4.69) is 10.1 Å². The van der Waals surface area contributed by atoms with Crippen LogP contribution in [0.15, 0.2) is 12.3 Å². The Bertz CT molecular complexity index is 763. The Balaban J connectivity index is 1.99. The molecule has 0 aliphatic heterocycles. The van der Waals surface area contributed by atoms with Gasteiger partial charge in [-0.1, -0.05) is 0 Å². The van der Waals surface area contributed by atoms with Gasteiger partial charge >= 0.3 is 5.97 Å². The van der Waals surface area contributed by atoms with E-state index in [1.54, 1.807) is 24.7 Å². The van der Waals surface area contributed by atoms with Crippen LogP contribution < -0.4 is 0 Å². The van der Waals surface area contributed by atoms with Crippen LogP contribution in [0.2, 0.25) is 0 Å². The lowest BCUT2D eigenvalue weighted by atomic mass is 10.1. The van der Waals surface area contributed by atoms with Crippen LogP contribution in [0.25, 0.3) is 11.0 Å². The summed E-state index contributed by atoms with van der Waals surface area (Å²) >= 11 is 0. The first-order valence-corrected chi connectivity index (χ1v) is 7.25. The number of aliphatic carboxylic acids is 1. The summed E-state index contributed by atoms with van der Waals surface area (Å²) in [4.78, 5) is 29.7. The van der Waals surface area contributed by atoms with Gasteiger partial charge in [-0.15, -0.1) is 0 Å². The number of carbonyl (C=O) groups excluding carboxylic acids is 1. The number of pyridine rings is 1. The molecule has 0 bridgehead atoms. The molecule has 0 aromatic carbocycles. The van der Waals surface area contributed by atoms with Crippen LogP contribution in [0.3, 0.4) is 0 Å². The number of carboxylic acid groups (broad SMARTS) is 1. The highest BCUT2D eigenvalue weighted by molar-refractivity contribution is 5.99. The minimum atomic E-state index is -0.994. The van der Waals surface area contributed by atoms with Crippen molar-refractivity contribution < 1.29 is 14.7 Å². The zero-order chi connectivity index (χ0) is 16.0. The van der Waals surface area contributed by atoms with Crippen LogP contribution in [0.5, 0.6) is 0 Å². The first-order valence-electron chi connectivity index (χ1n) is 7.25. The largest absolute Gasteiger partial charge is 0.480 e. The lowest BCUT2D eigenvalue weighted by Crippen LogP contribution is -2.44. The van der Waals surface area contributed by atoms with E-state index >= 15 is 0 Å². The number of fused-ring (bicyclic) bond motifs is 1. The van der Waals surface area contributed by atoms with E-state index in [0.717, 1.165) is 23.9 Å². The van der Waals surface area contributed by atoms with Crippen LogP contribution in [0.4, 0.5) is 0 Å². The highest BCUT2D eigenvalue weighted by Gasteiger charge is 2.39. The van der Waals surface area contributed by atoms with Gasteiger partial charge in [0.2, 0.25) is 0 Å². The molecule has 22 heavy (non-hydrogen) atoms. The lowest BCUT2D eigenvalue weighted by Gasteiger charge is -2.26. The smallest absolute Gasteiger partial charge is 0.326 e. The van der Waals surface area contributed by atoms with Crippen LogP contribution in [0.1, 0.15) is 35.8 Å². The average molecular weight is 302 g/mol. The van der Waals surface area contributed by atoms with E-state index in [9.17, 15) is 14.7 Å². The fourth-order valence-corrected chi connectivity index (χ4v) is 2.70. The molecular weight excluding hydrogens is 284 g/mol. The molecule has 0 saturated heterocycles. The number of amides is 1.